The van der Waals surface area contributed by atoms with Crippen LogP contribution in [0.5, 0.6) is 0 Å². The summed E-state index contributed by atoms with van der Waals surface area (Å²) >= 11 is 0. The number of nitrogens with zero attached hydrogens (tertiary/aromatic N) is 2. The van der Waals surface area contributed by atoms with Crippen LogP contribution in [-0.2, 0) is 38.6 Å². The minimum absolute atomic E-state index is 0.0392. The molecule has 1 aromatic heterocycles. The fraction of sp³-hybridized carbons (Fsp3) is 0.459. The second-order valence-electron chi connectivity index (χ2n) is 12.8. The van der Waals surface area contributed by atoms with Crippen molar-refractivity contribution < 1.29 is 19.2 Å². The van der Waals surface area contributed by atoms with Crippen LogP contribution in [0.3, 0.4) is 0 Å². The summed E-state index contributed by atoms with van der Waals surface area (Å²) in [6, 6.07) is 15.4. The van der Waals surface area contributed by atoms with Gasteiger partial charge in [0.15, 0.2) is 0 Å². The first-order valence-corrected chi connectivity index (χ1v) is 17.1. The molecule has 2 aromatic carbocycles. The van der Waals surface area contributed by atoms with Gasteiger partial charge in [-0.25, -0.2) is 0 Å². The first kappa shape index (κ1) is 38.8. The van der Waals surface area contributed by atoms with Crippen LogP contribution in [0.15, 0.2) is 73.1 Å². The molecule has 4 atom stereocenters. The predicted molar refractivity (Wildman–Crippen MR) is 190 cm³/mol. The molecule has 8 N–H and O–H groups in total. The Morgan fingerprint density at radius 3 is 1.92 bits per heavy atom. The minimum Gasteiger partial charge on any atom is -0.349 e. The largest absolute Gasteiger partial charge is 0.349 e. The van der Waals surface area contributed by atoms with E-state index in [9.17, 15) is 19.2 Å². The number of rotatable bonds is 20. The fourth-order valence-corrected chi connectivity index (χ4v) is 5.28. The van der Waals surface area contributed by atoms with Crippen LogP contribution in [0.25, 0.3) is 0 Å². The number of nitrogens with one attached hydrogen (secondary N) is 4. The normalized spacial score (nSPS) is 13.5. The van der Waals surface area contributed by atoms with Gasteiger partial charge in [0, 0.05) is 6.20 Å². The summed E-state index contributed by atoms with van der Waals surface area (Å²) in [7, 11) is 0. The first-order chi connectivity index (χ1) is 23.5. The standard InChI is InChI=1S/C37H52N8O4/c1-25(2)20-33(37(49)44-31(16-10-11-19-38)35(47)42-24-29-23-40-26(3)22-41-29)45-36(48)32(18-17-27-12-6-4-7-13-27)43-34(46)30(39)21-28-14-8-5-9-15-28/h4-9,12-15,22-23,25,30-33H,10-11,16-21,24,38-39H2,1-3H3,(H,42,47)(H,43,46)(H,44,49)(H,45,48)/t30-,31-,32-,33-/m1/s1. The summed E-state index contributed by atoms with van der Waals surface area (Å²) in [6.07, 6.45) is 6.32. The molecule has 0 saturated heterocycles. The maximum atomic E-state index is 13.8. The molecule has 0 spiro atoms. The number of carbonyl (C=O) groups is 4. The molecule has 12 heteroatoms. The minimum atomic E-state index is -0.950. The molecule has 264 valence electrons. The number of benzene rings is 2. The lowest BCUT2D eigenvalue weighted by Crippen LogP contribution is -2.58. The molecule has 0 aliphatic rings. The summed E-state index contributed by atoms with van der Waals surface area (Å²) < 4.78 is 0. The molecule has 3 aromatic rings. The average molecular weight is 673 g/mol. The van der Waals surface area contributed by atoms with E-state index in [2.05, 4.69) is 31.2 Å². The molecule has 0 saturated carbocycles. The van der Waals surface area contributed by atoms with Gasteiger partial charge in [-0.1, -0.05) is 74.5 Å². The van der Waals surface area contributed by atoms with Crippen LogP contribution in [-0.4, -0.2) is 64.3 Å². The lowest BCUT2D eigenvalue weighted by molar-refractivity contribution is -0.134. The second-order valence-corrected chi connectivity index (χ2v) is 12.8. The fourth-order valence-electron chi connectivity index (χ4n) is 5.28. The van der Waals surface area contributed by atoms with E-state index in [-0.39, 0.29) is 18.4 Å². The van der Waals surface area contributed by atoms with E-state index in [0.717, 1.165) is 16.8 Å². The lowest BCUT2D eigenvalue weighted by Gasteiger charge is -2.27. The molecule has 0 radical (unpaired) electrons. The third-order valence-corrected chi connectivity index (χ3v) is 8.03. The summed E-state index contributed by atoms with van der Waals surface area (Å²) in [5, 5.41) is 11.4. The highest BCUT2D eigenvalue weighted by Crippen LogP contribution is 2.11. The van der Waals surface area contributed by atoms with Crippen molar-refractivity contribution >= 4 is 23.6 Å². The summed E-state index contributed by atoms with van der Waals surface area (Å²) in [6.45, 7) is 6.32. The molecular formula is C37H52N8O4. The van der Waals surface area contributed by atoms with Gasteiger partial charge in [0.25, 0.3) is 0 Å². The van der Waals surface area contributed by atoms with Crippen molar-refractivity contribution in [2.45, 2.75) is 96.4 Å². The van der Waals surface area contributed by atoms with Crippen LogP contribution in [0, 0.1) is 12.8 Å². The maximum absolute atomic E-state index is 13.8. The van der Waals surface area contributed by atoms with Crippen LogP contribution < -0.4 is 32.7 Å². The zero-order valence-corrected chi connectivity index (χ0v) is 28.9. The number of nitrogens with two attached hydrogens (primary N) is 2. The SMILES string of the molecule is Cc1cnc(CNC(=O)[C@@H](CCCCN)NC(=O)[C@@H](CC(C)C)NC(=O)[C@@H](CCc2ccccc2)NC(=O)[C@H](N)Cc2ccccc2)cn1. The topological polar surface area (TPSA) is 194 Å². The van der Waals surface area contributed by atoms with Crippen LogP contribution >= 0.6 is 0 Å². The Bertz CT molecular complexity index is 1450. The van der Waals surface area contributed by atoms with Gasteiger partial charge in [-0.05, 0) is 75.5 Å². The molecule has 0 aliphatic heterocycles. The van der Waals surface area contributed by atoms with Gasteiger partial charge in [-0.15, -0.1) is 0 Å². The summed E-state index contributed by atoms with van der Waals surface area (Å²) in [4.78, 5) is 62.6. The molecule has 0 unspecified atom stereocenters. The van der Waals surface area contributed by atoms with E-state index in [1.165, 1.54) is 0 Å². The summed E-state index contributed by atoms with van der Waals surface area (Å²) in [5.41, 5.74) is 15.2. The Morgan fingerprint density at radius 1 is 0.714 bits per heavy atom. The van der Waals surface area contributed by atoms with Crippen molar-refractivity contribution in [2.75, 3.05) is 6.54 Å². The third-order valence-electron chi connectivity index (χ3n) is 8.03. The Balaban J connectivity index is 1.73. The molecule has 0 fully saturated rings. The lowest BCUT2D eigenvalue weighted by atomic mass is 9.99. The molecule has 1 heterocycles. The van der Waals surface area contributed by atoms with Crippen molar-refractivity contribution in [2.24, 2.45) is 17.4 Å². The number of aryl methyl sites for hydroxylation is 2. The van der Waals surface area contributed by atoms with Crippen molar-refractivity contribution in [3.05, 3.63) is 95.6 Å². The van der Waals surface area contributed by atoms with E-state index in [0.29, 0.717) is 57.2 Å². The highest BCUT2D eigenvalue weighted by atomic mass is 16.2. The highest BCUT2D eigenvalue weighted by molar-refractivity contribution is 5.94. The number of amides is 4. The average Bonchev–Trinajstić information content (AvgIpc) is 3.09. The Hall–Kier alpha value is -4.68. The van der Waals surface area contributed by atoms with E-state index >= 15 is 0 Å². The molecule has 49 heavy (non-hydrogen) atoms. The quantitative estimate of drug-likeness (QED) is 0.0984. The summed E-state index contributed by atoms with van der Waals surface area (Å²) in [5.74, 6) is -1.78. The number of hydrogen-bond donors (Lipinski definition) is 6. The number of carbonyl (C=O) groups excluding carboxylic acids is 4. The molecule has 3 rings (SSSR count). The van der Waals surface area contributed by atoms with Gasteiger partial charge in [0.05, 0.1) is 30.2 Å². The van der Waals surface area contributed by atoms with Gasteiger partial charge >= 0.3 is 0 Å². The Labute approximate surface area is 289 Å². The number of aromatic nitrogens is 2. The zero-order valence-electron chi connectivity index (χ0n) is 28.9. The third kappa shape index (κ3) is 14.1. The van der Waals surface area contributed by atoms with Crippen LogP contribution in [0.4, 0.5) is 0 Å². The van der Waals surface area contributed by atoms with Gasteiger partial charge in [0.2, 0.25) is 23.6 Å². The van der Waals surface area contributed by atoms with E-state index in [1.54, 1.807) is 12.4 Å². The zero-order chi connectivity index (χ0) is 35.6. The number of hydrogen-bond acceptors (Lipinski definition) is 8. The Kier molecular flexibility index (Phi) is 16.3. The smallest absolute Gasteiger partial charge is 0.243 e. The van der Waals surface area contributed by atoms with Crippen LogP contribution in [0.2, 0.25) is 0 Å². The van der Waals surface area contributed by atoms with Gasteiger partial charge < -0.3 is 32.7 Å². The van der Waals surface area contributed by atoms with Crippen molar-refractivity contribution in [1.29, 1.82) is 0 Å². The predicted octanol–water partition coefficient (Wildman–Crippen LogP) is 2.23. The van der Waals surface area contributed by atoms with E-state index in [4.69, 9.17) is 11.5 Å². The monoisotopic (exact) mass is 672 g/mol. The van der Waals surface area contributed by atoms with Crippen molar-refractivity contribution in [3.63, 3.8) is 0 Å². The van der Waals surface area contributed by atoms with Gasteiger partial charge in [0.1, 0.15) is 18.1 Å². The molecule has 0 aliphatic carbocycles. The van der Waals surface area contributed by atoms with E-state index in [1.807, 2.05) is 81.4 Å². The highest BCUT2D eigenvalue weighted by Gasteiger charge is 2.31. The Morgan fingerprint density at radius 2 is 1.31 bits per heavy atom. The molecule has 0 bridgehead atoms. The van der Waals surface area contributed by atoms with Crippen molar-refractivity contribution in [3.8, 4) is 0 Å². The second kappa shape index (κ2) is 20.6. The van der Waals surface area contributed by atoms with Gasteiger partial charge in [-0.2, -0.15) is 0 Å². The molecular weight excluding hydrogens is 620 g/mol. The molecule has 12 nitrogen and oxygen atoms in total. The molecule has 4 amide bonds. The number of unbranched alkanes of at least 4 members (excludes halogenated alkanes) is 1. The van der Waals surface area contributed by atoms with Crippen LogP contribution in [0.1, 0.15) is 68.5 Å². The van der Waals surface area contributed by atoms with Gasteiger partial charge in [-0.3, -0.25) is 29.1 Å². The van der Waals surface area contributed by atoms with Crippen molar-refractivity contribution in [1.82, 2.24) is 31.2 Å². The van der Waals surface area contributed by atoms with E-state index < -0.39 is 41.9 Å². The first-order valence-electron chi connectivity index (χ1n) is 17.1. The maximum Gasteiger partial charge on any atom is 0.243 e.